The quantitative estimate of drug-likeness (QED) is 0.559. The molecule has 7 nitrogen and oxygen atoms in total. The minimum Gasteiger partial charge on any atom is -0.465 e. The van der Waals surface area contributed by atoms with E-state index in [9.17, 15) is 14.9 Å². The standard InChI is InChI=1S/C21H14N4O3/c1-28-21(27)17-16(13-8-4-2-5-9-13)15(12-22)20(26)25-19(17)23-18(24-25)14-10-6-3-7-11-14/h2-11H,1H3,(H,23,24). The van der Waals surface area contributed by atoms with Crippen molar-refractivity contribution < 1.29 is 9.53 Å². The van der Waals surface area contributed by atoms with Crippen LogP contribution in [0.15, 0.2) is 65.5 Å². The fourth-order valence-corrected chi connectivity index (χ4v) is 3.13. The molecule has 0 aliphatic rings. The van der Waals surface area contributed by atoms with Crippen LogP contribution in [0.2, 0.25) is 0 Å². The van der Waals surface area contributed by atoms with E-state index in [0.29, 0.717) is 11.4 Å². The highest BCUT2D eigenvalue weighted by atomic mass is 16.5. The summed E-state index contributed by atoms with van der Waals surface area (Å²) in [5, 5.41) is 12.6. The fourth-order valence-electron chi connectivity index (χ4n) is 3.13. The van der Waals surface area contributed by atoms with Gasteiger partial charge in [-0.2, -0.15) is 9.78 Å². The number of methoxy groups -OCH3 is 1. The number of H-pyrrole nitrogens is 1. The first-order valence-electron chi connectivity index (χ1n) is 8.43. The number of carbonyl (C=O) groups is 1. The van der Waals surface area contributed by atoms with Crippen LogP contribution >= 0.6 is 0 Å². The summed E-state index contributed by atoms with van der Waals surface area (Å²) in [5.74, 6) is -0.282. The van der Waals surface area contributed by atoms with Gasteiger partial charge in [0.05, 0.1) is 7.11 Å². The van der Waals surface area contributed by atoms with E-state index in [-0.39, 0.29) is 22.3 Å². The van der Waals surface area contributed by atoms with Gasteiger partial charge in [-0.1, -0.05) is 60.7 Å². The fraction of sp³-hybridized carbons (Fsp3) is 0.0476. The van der Waals surface area contributed by atoms with Gasteiger partial charge in [0.2, 0.25) is 0 Å². The summed E-state index contributed by atoms with van der Waals surface area (Å²) in [6.07, 6.45) is 0. The zero-order valence-corrected chi connectivity index (χ0v) is 14.8. The molecule has 2 aromatic heterocycles. The molecule has 0 radical (unpaired) electrons. The number of rotatable bonds is 3. The van der Waals surface area contributed by atoms with Crippen molar-refractivity contribution in [3.63, 3.8) is 0 Å². The molecule has 0 saturated carbocycles. The molecule has 1 N–H and O–H groups in total. The molecule has 0 atom stereocenters. The second-order valence-corrected chi connectivity index (χ2v) is 6.00. The molecule has 0 bridgehead atoms. The molecule has 28 heavy (non-hydrogen) atoms. The molecule has 136 valence electrons. The second kappa shape index (κ2) is 6.85. The van der Waals surface area contributed by atoms with Gasteiger partial charge < -0.3 is 4.74 Å². The molecule has 0 unspecified atom stereocenters. The number of carbonyl (C=O) groups excluding carboxylic acids is 1. The lowest BCUT2D eigenvalue weighted by Gasteiger charge is -2.10. The van der Waals surface area contributed by atoms with E-state index in [2.05, 4.69) is 10.1 Å². The first kappa shape index (κ1) is 17.2. The lowest BCUT2D eigenvalue weighted by molar-refractivity contribution is 0.0603. The van der Waals surface area contributed by atoms with Crippen molar-refractivity contribution in [2.24, 2.45) is 0 Å². The van der Waals surface area contributed by atoms with E-state index in [1.807, 2.05) is 36.4 Å². The second-order valence-electron chi connectivity index (χ2n) is 6.00. The van der Waals surface area contributed by atoms with Crippen LogP contribution in [0.1, 0.15) is 15.9 Å². The summed E-state index contributed by atoms with van der Waals surface area (Å²) in [4.78, 5) is 30.1. The van der Waals surface area contributed by atoms with Gasteiger partial charge in [0.1, 0.15) is 17.2 Å². The summed E-state index contributed by atoms with van der Waals surface area (Å²) in [7, 11) is 1.25. The number of hydrogen-bond donors (Lipinski definition) is 1. The Hall–Kier alpha value is -4.18. The van der Waals surface area contributed by atoms with Crippen molar-refractivity contribution in [3.05, 3.63) is 82.1 Å². The number of nitrogens with one attached hydrogen (secondary N) is 1. The summed E-state index contributed by atoms with van der Waals surface area (Å²) >= 11 is 0. The molecule has 4 rings (SSSR count). The van der Waals surface area contributed by atoms with Crippen molar-refractivity contribution in [3.8, 4) is 28.6 Å². The number of aromatic nitrogens is 3. The van der Waals surface area contributed by atoms with Gasteiger partial charge in [-0.05, 0) is 5.56 Å². The van der Waals surface area contributed by atoms with E-state index < -0.39 is 11.5 Å². The molecule has 0 spiro atoms. The van der Waals surface area contributed by atoms with Crippen LogP contribution in [-0.2, 0) is 4.74 Å². The number of pyridine rings is 1. The molecule has 0 saturated heterocycles. The molecule has 4 aromatic rings. The maximum absolute atomic E-state index is 13.0. The highest BCUT2D eigenvalue weighted by Gasteiger charge is 2.27. The third-order valence-corrected chi connectivity index (χ3v) is 4.40. The van der Waals surface area contributed by atoms with Crippen LogP contribution in [0.5, 0.6) is 0 Å². The number of benzene rings is 2. The molecular weight excluding hydrogens is 356 g/mol. The van der Waals surface area contributed by atoms with Crippen molar-refractivity contribution in [1.82, 2.24) is 14.6 Å². The number of fused-ring (bicyclic) bond motifs is 1. The highest BCUT2D eigenvalue weighted by Crippen LogP contribution is 2.29. The minimum absolute atomic E-state index is 0.0586. The third kappa shape index (κ3) is 2.64. The first-order chi connectivity index (χ1) is 13.7. The average molecular weight is 370 g/mol. The molecule has 7 heteroatoms. The van der Waals surface area contributed by atoms with Crippen LogP contribution in [-0.4, -0.2) is 27.7 Å². The smallest absolute Gasteiger partial charge is 0.342 e. The van der Waals surface area contributed by atoms with Gasteiger partial charge >= 0.3 is 5.97 Å². The number of nitrogens with zero attached hydrogens (tertiary/aromatic N) is 3. The lowest BCUT2D eigenvalue weighted by atomic mass is 9.96. The first-order valence-corrected chi connectivity index (χ1v) is 8.43. The zero-order chi connectivity index (χ0) is 19.7. The van der Waals surface area contributed by atoms with E-state index in [1.54, 1.807) is 30.3 Å². The molecular formula is C21H14N4O3. The van der Waals surface area contributed by atoms with E-state index in [1.165, 1.54) is 7.11 Å². The Kier molecular flexibility index (Phi) is 4.22. The maximum Gasteiger partial charge on any atom is 0.342 e. The number of ether oxygens (including phenoxy) is 1. The van der Waals surface area contributed by atoms with Gasteiger partial charge in [0.25, 0.3) is 5.56 Å². The van der Waals surface area contributed by atoms with Gasteiger partial charge in [-0.3, -0.25) is 9.89 Å². The zero-order valence-electron chi connectivity index (χ0n) is 14.8. The molecule has 0 fully saturated rings. The minimum atomic E-state index is -0.682. The SMILES string of the molecule is COC(=O)c1c(-c2ccccc2)c(C#N)c(=O)n2[nH]c(-c3ccccc3)nc12. The predicted molar refractivity (Wildman–Crippen MR) is 103 cm³/mol. The van der Waals surface area contributed by atoms with Crippen molar-refractivity contribution in [2.75, 3.05) is 7.11 Å². The van der Waals surface area contributed by atoms with Crippen molar-refractivity contribution >= 4 is 11.6 Å². The van der Waals surface area contributed by atoms with Crippen LogP contribution in [0, 0.1) is 11.3 Å². The number of nitriles is 1. The Labute approximate surface area is 159 Å². The number of hydrogen-bond acceptors (Lipinski definition) is 5. The largest absolute Gasteiger partial charge is 0.465 e. The molecule has 2 heterocycles. The average Bonchev–Trinajstić information content (AvgIpc) is 3.20. The van der Waals surface area contributed by atoms with Crippen LogP contribution in [0.3, 0.4) is 0 Å². The number of esters is 1. The van der Waals surface area contributed by atoms with Crippen LogP contribution in [0.4, 0.5) is 0 Å². The third-order valence-electron chi connectivity index (χ3n) is 4.40. The van der Waals surface area contributed by atoms with E-state index in [0.717, 1.165) is 10.1 Å². The molecule has 2 aromatic carbocycles. The maximum atomic E-state index is 13.0. The van der Waals surface area contributed by atoms with Gasteiger partial charge in [0, 0.05) is 11.1 Å². The monoisotopic (exact) mass is 370 g/mol. The van der Waals surface area contributed by atoms with E-state index >= 15 is 0 Å². The Balaban J connectivity index is 2.16. The molecule has 0 aliphatic heterocycles. The number of aromatic amines is 1. The van der Waals surface area contributed by atoms with Gasteiger partial charge in [-0.15, -0.1) is 0 Å². The Bertz CT molecular complexity index is 1280. The summed E-state index contributed by atoms with van der Waals surface area (Å²) in [6, 6.07) is 19.9. The highest BCUT2D eigenvalue weighted by molar-refractivity contribution is 6.04. The topological polar surface area (TPSA) is 100 Å². The van der Waals surface area contributed by atoms with Crippen LogP contribution < -0.4 is 5.56 Å². The Morgan fingerprint density at radius 1 is 1.07 bits per heavy atom. The van der Waals surface area contributed by atoms with Crippen molar-refractivity contribution in [2.45, 2.75) is 0 Å². The van der Waals surface area contributed by atoms with Gasteiger partial charge in [0.15, 0.2) is 11.5 Å². The molecule has 0 aliphatic carbocycles. The predicted octanol–water partition coefficient (Wildman–Crippen LogP) is 3.01. The molecule has 0 amide bonds. The summed E-state index contributed by atoms with van der Waals surface area (Å²) < 4.78 is 6.05. The summed E-state index contributed by atoms with van der Waals surface area (Å²) in [5.41, 5.74) is 0.929. The Morgan fingerprint density at radius 3 is 2.25 bits per heavy atom. The van der Waals surface area contributed by atoms with Crippen molar-refractivity contribution in [1.29, 1.82) is 5.26 Å². The van der Waals surface area contributed by atoms with Gasteiger partial charge in [-0.25, -0.2) is 9.78 Å². The normalized spacial score (nSPS) is 10.6. The Morgan fingerprint density at radius 2 is 1.68 bits per heavy atom. The van der Waals surface area contributed by atoms with E-state index in [4.69, 9.17) is 4.74 Å². The summed E-state index contributed by atoms with van der Waals surface area (Å²) in [6.45, 7) is 0. The van der Waals surface area contributed by atoms with Crippen LogP contribution in [0.25, 0.3) is 28.2 Å². The lowest BCUT2D eigenvalue weighted by Crippen LogP contribution is -2.22.